The van der Waals surface area contributed by atoms with E-state index in [1.165, 1.54) is 0 Å². The number of sulfone groups is 1. The molecule has 0 rings (SSSR count). The Bertz CT molecular complexity index is 160. The van der Waals surface area contributed by atoms with Crippen LogP contribution in [0.2, 0.25) is 0 Å². The minimum absolute atomic E-state index is 0.224. The lowest BCUT2D eigenvalue weighted by Gasteiger charge is -2.03. The molecule has 0 amide bonds. The molecule has 9 heavy (non-hydrogen) atoms. The Morgan fingerprint density at radius 3 is 2.00 bits per heavy atom. The molecule has 0 aliphatic carbocycles. The Morgan fingerprint density at radius 2 is 1.89 bits per heavy atom. The molecule has 2 nitrogen and oxygen atoms in total. The van der Waals surface area contributed by atoms with Crippen molar-refractivity contribution >= 4 is 19.1 Å². The first-order valence-corrected chi connectivity index (χ1v) is 5.45. The van der Waals surface area contributed by atoms with Crippen molar-refractivity contribution in [2.75, 3.05) is 11.9 Å². The number of rotatable bonds is 3. The monoisotopic (exact) mass is 168 g/mol. The van der Waals surface area contributed by atoms with Crippen LogP contribution in [0.1, 0.15) is 13.8 Å². The van der Waals surface area contributed by atoms with E-state index in [2.05, 4.69) is 9.24 Å². The van der Waals surface area contributed by atoms with Gasteiger partial charge in [-0.2, -0.15) is 0 Å². The molecule has 1 unspecified atom stereocenters. The summed E-state index contributed by atoms with van der Waals surface area (Å²) in [4.78, 5) is 0. The molecular formula is C5H13O2PS. The molecule has 0 aliphatic rings. The minimum atomic E-state index is -2.77. The van der Waals surface area contributed by atoms with Crippen LogP contribution in [-0.2, 0) is 9.84 Å². The van der Waals surface area contributed by atoms with Crippen molar-refractivity contribution in [3.63, 3.8) is 0 Å². The van der Waals surface area contributed by atoms with Crippen LogP contribution in [0.3, 0.4) is 0 Å². The zero-order valence-corrected chi connectivity index (χ0v) is 7.76. The quantitative estimate of drug-likeness (QED) is 0.581. The maximum Gasteiger partial charge on any atom is 0.152 e. The van der Waals surface area contributed by atoms with Gasteiger partial charge in [0.1, 0.15) is 0 Å². The topological polar surface area (TPSA) is 34.1 Å². The van der Waals surface area contributed by atoms with Gasteiger partial charge in [-0.1, -0.05) is 0 Å². The first-order valence-electron chi connectivity index (χ1n) is 2.92. The minimum Gasteiger partial charge on any atom is -0.229 e. The van der Waals surface area contributed by atoms with Gasteiger partial charge in [-0.05, 0) is 20.0 Å². The van der Waals surface area contributed by atoms with E-state index in [0.29, 0.717) is 6.16 Å². The first-order chi connectivity index (χ1) is 4.00. The Kier molecular flexibility index (Phi) is 3.67. The van der Waals surface area contributed by atoms with Gasteiger partial charge < -0.3 is 0 Å². The normalized spacial score (nSPS) is 12.4. The highest BCUT2D eigenvalue weighted by Crippen LogP contribution is 2.01. The zero-order valence-electron chi connectivity index (χ0n) is 5.79. The Balaban J connectivity index is 4.05. The summed E-state index contributed by atoms with van der Waals surface area (Å²) >= 11 is 0. The number of hydrogen-bond acceptors (Lipinski definition) is 2. The van der Waals surface area contributed by atoms with Crippen molar-refractivity contribution in [3.05, 3.63) is 0 Å². The molecule has 0 aromatic heterocycles. The largest absolute Gasteiger partial charge is 0.229 e. The van der Waals surface area contributed by atoms with Crippen molar-refractivity contribution < 1.29 is 8.42 Å². The van der Waals surface area contributed by atoms with Crippen LogP contribution in [0, 0.1) is 0 Å². The van der Waals surface area contributed by atoms with Gasteiger partial charge in [0, 0.05) is 0 Å². The Hall–Kier alpha value is 0.380. The van der Waals surface area contributed by atoms with Gasteiger partial charge in [0.15, 0.2) is 9.84 Å². The summed E-state index contributed by atoms with van der Waals surface area (Å²) in [5, 5.41) is -0.224. The van der Waals surface area contributed by atoms with Crippen LogP contribution in [0.25, 0.3) is 0 Å². The molecular weight excluding hydrogens is 155 g/mol. The summed E-state index contributed by atoms with van der Waals surface area (Å²) in [6, 6.07) is 0. The summed E-state index contributed by atoms with van der Waals surface area (Å²) in [5.41, 5.74) is 0. The maximum atomic E-state index is 10.9. The van der Waals surface area contributed by atoms with Crippen molar-refractivity contribution in [1.29, 1.82) is 0 Å². The Morgan fingerprint density at radius 1 is 1.44 bits per heavy atom. The molecule has 0 saturated carbocycles. The van der Waals surface area contributed by atoms with E-state index >= 15 is 0 Å². The highest BCUT2D eigenvalue weighted by molar-refractivity contribution is 7.92. The van der Waals surface area contributed by atoms with Crippen molar-refractivity contribution in [2.24, 2.45) is 0 Å². The third-order valence-electron chi connectivity index (χ3n) is 1.12. The van der Waals surface area contributed by atoms with E-state index in [-0.39, 0.29) is 11.0 Å². The summed E-state index contributed by atoms with van der Waals surface area (Å²) in [7, 11) is -0.361. The van der Waals surface area contributed by atoms with Crippen molar-refractivity contribution in [2.45, 2.75) is 19.1 Å². The zero-order chi connectivity index (χ0) is 7.49. The second-order valence-electron chi connectivity index (χ2n) is 2.20. The van der Waals surface area contributed by atoms with Crippen molar-refractivity contribution in [3.8, 4) is 0 Å². The molecule has 0 bridgehead atoms. The summed E-state index contributed by atoms with van der Waals surface area (Å²) in [6.07, 6.45) is 0.639. The molecule has 4 heteroatoms. The molecule has 0 N–H and O–H groups in total. The van der Waals surface area contributed by atoms with E-state index in [0.717, 1.165) is 0 Å². The lowest BCUT2D eigenvalue weighted by atomic mass is 10.6. The maximum absolute atomic E-state index is 10.9. The average molecular weight is 168 g/mol. The van der Waals surface area contributed by atoms with E-state index < -0.39 is 9.84 Å². The van der Waals surface area contributed by atoms with Gasteiger partial charge in [0.2, 0.25) is 0 Å². The highest BCUT2D eigenvalue weighted by atomic mass is 32.2. The van der Waals surface area contributed by atoms with Gasteiger partial charge in [-0.15, -0.1) is 9.24 Å². The fraction of sp³-hybridized carbons (Fsp3) is 1.00. The molecule has 1 atom stereocenters. The fourth-order valence-corrected chi connectivity index (χ4v) is 2.19. The predicted molar refractivity (Wildman–Crippen MR) is 43.5 cm³/mol. The molecule has 0 radical (unpaired) electrons. The third kappa shape index (κ3) is 3.17. The van der Waals surface area contributed by atoms with Gasteiger partial charge >= 0.3 is 0 Å². The lowest BCUT2D eigenvalue weighted by Crippen LogP contribution is -2.18. The average Bonchev–Trinajstić information content (AvgIpc) is 1.65. The summed E-state index contributed by atoms with van der Waals surface area (Å²) in [5.74, 6) is 0.287. The second kappa shape index (κ2) is 3.52. The van der Waals surface area contributed by atoms with Gasteiger partial charge in [0.25, 0.3) is 0 Å². The third-order valence-corrected chi connectivity index (χ3v) is 4.07. The fourth-order valence-electron chi connectivity index (χ4n) is 0.400. The number of hydrogen-bond donors (Lipinski definition) is 0. The van der Waals surface area contributed by atoms with Crippen LogP contribution >= 0.6 is 9.24 Å². The van der Waals surface area contributed by atoms with Crippen LogP contribution in [0.15, 0.2) is 0 Å². The van der Waals surface area contributed by atoms with E-state index in [1.807, 2.05) is 0 Å². The van der Waals surface area contributed by atoms with E-state index in [4.69, 9.17) is 0 Å². The van der Waals surface area contributed by atoms with Crippen LogP contribution < -0.4 is 0 Å². The standard InChI is InChI=1S/C5H13O2PS/c1-5(2)9(6,7)4-3-8/h5H,3-4,8H2,1-2H3. The van der Waals surface area contributed by atoms with E-state index in [1.54, 1.807) is 13.8 Å². The molecule has 0 fully saturated rings. The van der Waals surface area contributed by atoms with Crippen LogP contribution in [0.4, 0.5) is 0 Å². The van der Waals surface area contributed by atoms with Crippen LogP contribution in [0.5, 0.6) is 0 Å². The van der Waals surface area contributed by atoms with Crippen molar-refractivity contribution in [1.82, 2.24) is 0 Å². The summed E-state index contributed by atoms with van der Waals surface area (Å²) < 4.78 is 21.8. The molecule has 0 spiro atoms. The van der Waals surface area contributed by atoms with E-state index in [9.17, 15) is 8.42 Å². The molecule has 0 aromatic rings. The molecule has 0 heterocycles. The SMILES string of the molecule is CC(C)S(=O)(=O)CCP. The molecule has 56 valence electrons. The second-order valence-corrected chi connectivity index (χ2v) is 5.46. The molecule has 0 aromatic carbocycles. The summed E-state index contributed by atoms with van der Waals surface area (Å²) in [6.45, 7) is 3.41. The molecule has 0 aliphatic heterocycles. The molecule has 0 saturated heterocycles. The highest BCUT2D eigenvalue weighted by Gasteiger charge is 2.13. The predicted octanol–water partition coefficient (Wildman–Crippen LogP) is 0.685. The van der Waals surface area contributed by atoms with Gasteiger partial charge in [-0.3, -0.25) is 0 Å². The van der Waals surface area contributed by atoms with Gasteiger partial charge in [0.05, 0.1) is 11.0 Å². The lowest BCUT2D eigenvalue weighted by molar-refractivity contribution is 0.589. The van der Waals surface area contributed by atoms with Crippen LogP contribution in [-0.4, -0.2) is 25.6 Å². The van der Waals surface area contributed by atoms with Gasteiger partial charge in [-0.25, -0.2) is 8.42 Å². The smallest absolute Gasteiger partial charge is 0.152 e. The first kappa shape index (κ1) is 9.38. The Labute approximate surface area is 59.2 Å².